The maximum atomic E-state index is 12.8. The number of rotatable bonds is 6. The minimum Gasteiger partial charge on any atom is -0.327 e. The van der Waals surface area contributed by atoms with E-state index in [-0.39, 0.29) is 11.8 Å². The molecule has 132 valence electrons. The van der Waals surface area contributed by atoms with Crippen molar-refractivity contribution in [3.8, 4) is 0 Å². The average molecular weight is 376 g/mol. The van der Waals surface area contributed by atoms with Crippen LogP contribution < -0.4 is 5.32 Å². The number of anilines is 1. The fourth-order valence-electron chi connectivity index (χ4n) is 2.89. The number of hydrogen-bond donors (Lipinski definition) is 1. The van der Waals surface area contributed by atoms with Crippen LogP contribution in [0.15, 0.2) is 35.8 Å². The van der Waals surface area contributed by atoms with E-state index in [4.69, 9.17) is 0 Å². The first-order valence-electron chi connectivity index (χ1n) is 8.37. The molecule has 0 spiro atoms. The van der Waals surface area contributed by atoms with E-state index in [1.165, 1.54) is 16.9 Å². The summed E-state index contributed by atoms with van der Waals surface area (Å²) < 4.78 is 0. The third-order valence-corrected chi connectivity index (χ3v) is 5.79. The molecule has 1 aromatic carbocycles. The predicted octanol–water partition coefficient (Wildman–Crippen LogP) is 3.64. The summed E-state index contributed by atoms with van der Waals surface area (Å²) in [5.41, 5.74) is 1.85. The van der Waals surface area contributed by atoms with E-state index in [0.717, 1.165) is 17.9 Å². The van der Waals surface area contributed by atoms with Gasteiger partial charge in [-0.3, -0.25) is 9.59 Å². The highest BCUT2D eigenvalue weighted by atomic mass is 32.2. The van der Waals surface area contributed by atoms with E-state index in [2.05, 4.69) is 17.2 Å². The van der Waals surface area contributed by atoms with Gasteiger partial charge in [-0.25, -0.2) is 4.98 Å². The Labute approximate surface area is 155 Å². The van der Waals surface area contributed by atoms with Crippen molar-refractivity contribution in [1.82, 2.24) is 9.88 Å². The summed E-state index contributed by atoms with van der Waals surface area (Å²) in [6, 6.07) is 7.30. The molecule has 2 heterocycles. The van der Waals surface area contributed by atoms with E-state index in [9.17, 15) is 9.59 Å². The maximum Gasteiger partial charge on any atom is 0.254 e. The van der Waals surface area contributed by atoms with Gasteiger partial charge in [-0.2, -0.15) is 11.8 Å². The molecule has 0 saturated carbocycles. The van der Waals surface area contributed by atoms with E-state index < -0.39 is 6.04 Å². The summed E-state index contributed by atoms with van der Waals surface area (Å²) in [6.45, 7) is 2.75. The first-order valence-corrected chi connectivity index (χ1v) is 10.4. The van der Waals surface area contributed by atoms with Crippen molar-refractivity contribution in [2.24, 2.45) is 0 Å². The molecule has 1 aliphatic rings. The largest absolute Gasteiger partial charge is 0.327 e. The topological polar surface area (TPSA) is 62.3 Å². The normalized spacial score (nSPS) is 16.8. The number of hydrogen-bond acceptors (Lipinski definition) is 5. The molecular formula is C18H21N3O2S2. The molecule has 1 aliphatic heterocycles. The molecule has 0 radical (unpaired) electrons. The van der Waals surface area contributed by atoms with Gasteiger partial charge in [0.2, 0.25) is 5.91 Å². The van der Waals surface area contributed by atoms with Crippen molar-refractivity contribution in [2.75, 3.05) is 17.6 Å². The van der Waals surface area contributed by atoms with Crippen LogP contribution in [0.2, 0.25) is 0 Å². The van der Waals surface area contributed by atoms with Crippen molar-refractivity contribution in [3.63, 3.8) is 0 Å². The number of carbonyl (C=O) groups is 2. The molecule has 0 aliphatic carbocycles. The van der Waals surface area contributed by atoms with Crippen LogP contribution >= 0.6 is 23.1 Å². The van der Waals surface area contributed by atoms with E-state index in [0.29, 0.717) is 23.7 Å². The minimum atomic E-state index is -0.424. The number of thioether (sulfide) groups is 1. The fourth-order valence-corrected chi connectivity index (χ4v) is 4.05. The molecule has 0 bridgehead atoms. The zero-order chi connectivity index (χ0) is 17.6. The number of benzene rings is 1. The minimum absolute atomic E-state index is 0.0773. The molecule has 1 saturated heterocycles. The summed E-state index contributed by atoms with van der Waals surface area (Å²) in [7, 11) is 0. The average Bonchev–Trinajstić information content (AvgIpc) is 3.31. The molecule has 1 N–H and O–H groups in total. The monoisotopic (exact) mass is 375 g/mol. The fraction of sp³-hybridized carbons (Fsp3) is 0.389. The Morgan fingerprint density at radius 1 is 1.36 bits per heavy atom. The maximum absolute atomic E-state index is 12.8. The van der Waals surface area contributed by atoms with Gasteiger partial charge < -0.3 is 10.2 Å². The number of nitrogens with zero attached hydrogens (tertiary/aromatic N) is 2. The Bertz CT molecular complexity index is 716. The number of likely N-dealkylation sites (tertiary alicyclic amines) is 1. The predicted molar refractivity (Wildman–Crippen MR) is 103 cm³/mol. The van der Waals surface area contributed by atoms with E-state index in [1.54, 1.807) is 11.1 Å². The lowest BCUT2D eigenvalue weighted by molar-refractivity contribution is -0.119. The number of amides is 2. The van der Waals surface area contributed by atoms with Gasteiger partial charge in [0.05, 0.1) is 0 Å². The molecule has 3 rings (SSSR count). The van der Waals surface area contributed by atoms with Gasteiger partial charge in [0, 0.05) is 29.4 Å². The van der Waals surface area contributed by atoms with E-state index in [1.807, 2.05) is 41.4 Å². The Morgan fingerprint density at radius 2 is 2.16 bits per heavy atom. The number of aromatic nitrogens is 1. The molecule has 1 fully saturated rings. The van der Waals surface area contributed by atoms with Crippen LogP contribution in [0.25, 0.3) is 0 Å². The van der Waals surface area contributed by atoms with Gasteiger partial charge in [-0.15, -0.1) is 11.3 Å². The van der Waals surface area contributed by atoms with Crippen molar-refractivity contribution in [1.29, 1.82) is 0 Å². The van der Waals surface area contributed by atoms with Crippen molar-refractivity contribution in [3.05, 3.63) is 47.0 Å². The molecular weight excluding hydrogens is 354 g/mol. The van der Waals surface area contributed by atoms with Crippen LogP contribution in [0.5, 0.6) is 0 Å². The van der Waals surface area contributed by atoms with Crippen LogP contribution in [-0.4, -0.2) is 40.0 Å². The Hall–Kier alpha value is -1.86. The van der Waals surface area contributed by atoms with Gasteiger partial charge in [0.15, 0.2) is 5.13 Å². The third-order valence-electron chi connectivity index (χ3n) is 4.15. The van der Waals surface area contributed by atoms with Crippen molar-refractivity contribution < 1.29 is 9.59 Å². The summed E-state index contributed by atoms with van der Waals surface area (Å²) in [4.78, 5) is 31.1. The Kier molecular flexibility index (Phi) is 6.09. The zero-order valence-electron chi connectivity index (χ0n) is 14.1. The highest BCUT2D eigenvalue weighted by molar-refractivity contribution is 7.98. The Balaban J connectivity index is 1.66. The van der Waals surface area contributed by atoms with Gasteiger partial charge >= 0.3 is 0 Å². The summed E-state index contributed by atoms with van der Waals surface area (Å²) in [5, 5.41) is 5.19. The quantitative estimate of drug-likeness (QED) is 0.837. The molecule has 1 atom stereocenters. The molecule has 1 unspecified atom stereocenters. The number of nitrogens with one attached hydrogen (secondary N) is 1. The summed E-state index contributed by atoms with van der Waals surface area (Å²) in [6.07, 6.45) is 3.18. The summed E-state index contributed by atoms with van der Waals surface area (Å²) >= 11 is 3.23. The molecule has 5 nitrogen and oxygen atoms in total. The zero-order valence-corrected chi connectivity index (χ0v) is 15.7. The van der Waals surface area contributed by atoms with Gasteiger partial charge in [0.25, 0.3) is 5.91 Å². The second kappa shape index (κ2) is 8.49. The van der Waals surface area contributed by atoms with Crippen LogP contribution in [-0.2, 0) is 10.5 Å². The SMILES string of the molecule is CCSCc1ccc(C(=O)N2CCCC2C(=O)Nc2nccs2)cc1. The van der Waals surface area contributed by atoms with Crippen LogP contribution in [0, 0.1) is 0 Å². The molecule has 7 heteroatoms. The van der Waals surface area contributed by atoms with Crippen LogP contribution in [0.1, 0.15) is 35.7 Å². The highest BCUT2D eigenvalue weighted by Gasteiger charge is 2.34. The molecule has 25 heavy (non-hydrogen) atoms. The van der Waals surface area contributed by atoms with Crippen molar-refractivity contribution >= 4 is 40.0 Å². The molecule has 2 aromatic rings. The Morgan fingerprint density at radius 3 is 2.84 bits per heavy atom. The lowest BCUT2D eigenvalue weighted by atomic mass is 10.1. The van der Waals surface area contributed by atoms with Gasteiger partial charge in [-0.05, 0) is 36.3 Å². The summed E-state index contributed by atoms with van der Waals surface area (Å²) in [5.74, 6) is 1.79. The third kappa shape index (κ3) is 4.41. The smallest absolute Gasteiger partial charge is 0.254 e. The standard InChI is InChI=1S/C18H21N3O2S2/c1-2-24-12-13-5-7-14(8-6-13)17(23)21-10-3-4-15(21)16(22)20-18-19-9-11-25-18/h5-9,11,15H,2-4,10,12H2,1H3,(H,19,20,22). The first kappa shape index (κ1) is 17.9. The number of thiazole rings is 1. The van der Waals surface area contributed by atoms with E-state index >= 15 is 0 Å². The van der Waals surface area contributed by atoms with Gasteiger partial charge in [0.1, 0.15) is 6.04 Å². The van der Waals surface area contributed by atoms with Crippen molar-refractivity contribution in [2.45, 2.75) is 31.6 Å². The lowest BCUT2D eigenvalue weighted by Gasteiger charge is -2.23. The second-order valence-corrected chi connectivity index (χ2v) is 7.99. The highest BCUT2D eigenvalue weighted by Crippen LogP contribution is 2.23. The van der Waals surface area contributed by atoms with Crippen LogP contribution in [0.4, 0.5) is 5.13 Å². The number of carbonyl (C=O) groups excluding carboxylic acids is 2. The van der Waals surface area contributed by atoms with Crippen LogP contribution in [0.3, 0.4) is 0 Å². The molecule has 1 aromatic heterocycles. The molecule has 2 amide bonds. The second-order valence-electron chi connectivity index (χ2n) is 5.82. The van der Waals surface area contributed by atoms with Gasteiger partial charge in [-0.1, -0.05) is 19.1 Å². The first-order chi connectivity index (χ1) is 12.2. The lowest BCUT2D eigenvalue weighted by Crippen LogP contribution is -2.43.